The third kappa shape index (κ3) is 3.85. The number of nitrogens with one attached hydrogen (secondary N) is 1. The van der Waals surface area contributed by atoms with Crippen LogP contribution in [0.2, 0.25) is 0 Å². The average Bonchev–Trinajstić information content (AvgIpc) is 2.92. The summed E-state index contributed by atoms with van der Waals surface area (Å²) < 4.78 is 22.1. The molecule has 0 spiro atoms. The number of hydrogen-bond acceptors (Lipinski definition) is 6. The number of hydrogen-bond donors (Lipinski definition) is 2. The van der Waals surface area contributed by atoms with E-state index in [9.17, 15) is 0 Å². The van der Waals surface area contributed by atoms with Crippen LogP contribution >= 0.6 is 12.2 Å². The maximum atomic E-state index is 8.75. The fraction of sp³-hybridized carbons (Fsp3) is 0.154. The van der Waals surface area contributed by atoms with Crippen molar-refractivity contribution in [2.24, 2.45) is 0 Å². The first-order valence-corrected chi connectivity index (χ1v) is 6.42. The van der Waals surface area contributed by atoms with E-state index in [0.29, 0.717) is 30.5 Å². The zero-order valence-electron chi connectivity index (χ0n) is 10.2. The van der Waals surface area contributed by atoms with Gasteiger partial charge >= 0.3 is 0 Å². The minimum Gasteiger partial charge on any atom is -0.471 e. The first kappa shape index (κ1) is 13.7. The van der Waals surface area contributed by atoms with E-state index in [-0.39, 0.29) is 6.04 Å². The Bertz CT molecular complexity index is 516. The Morgan fingerprint density at radius 1 is 1.47 bits per heavy atom. The zero-order valence-corrected chi connectivity index (χ0v) is 11.0. The molecule has 0 amide bonds. The lowest BCUT2D eigenvalue weighted by Crippen LogP contribution is -2.09. The van der Waals surface area contributed by atoms with E-state index in [1.807, 2.05) is 30.3 Å². The van der Waals surface area contributed by atoms with Crippen molar-refractivity contribution in [3.8, 4) is 5.88 Å². The molecular weight excluding hydrogens is 264 g/mol. The zero-order chi connectivity index (χ0) is 13.5. The number of benzene rings is 1. The quantitative estimate of drug-likeness (QED) is 0.460. The molecule has 1 heterocycles. The summed E-state index contributed by atoms with van der Waals surface area (Å²) in [5.74, 6) is 0.926. The van der Waals surface area contributed by atoms with Crippen molar-refractivity contribution in [2.45, 2.75) is 12.6 Å². The van der Waals surface area contributed by atoms with Gasteiger partial charge in [0.25, 0.3) is 5.88 Å². The molecule has 1 aromatic carbocycles. The molecule has 2 rings (SSSR count). The Kier molecular flexibility index (Phi) is 5.02. The summed E-state index contributed by atoms with van der Waals surface area (Å²) in [6, 6.07) is 11.1. The second-order valence-corrected chi connectivity index (χ2v) is 4.18. The van der Waals surface area contributed by atoms with E-state index in [1.165, 1.54) is 0 Å². The minimum absolute atomic E-state index is 0.323. The summed E-state index contributed by atoms with van der Waals surface area (Å²) in [7, 11) is 0. The van der Waals surface area contributed by atoms with Gasteiger partial charge in [-0.05, 0) is 10.7 Å². The SMILES string of the molecule is C=C[C@H](NSO)c1cc(OCc2ccccc2)no1. The molecule has 1 atom stereocenters. The van der Waals surface area contributed by atoms with Gasteiger partial charge in [0.05, 0.1) is 18.3 Å². The van der Waals surface area contributed by atoms with Crippen LogP contribution in [0.4, 0.5) is 0 Å². The van der Waals surface area contributed by atoms with Crippen LogP contribution in [0.5, 0.6) is 5.88 Å². The third-order valence-corrected chi connectivity index (χ3v) is 2.82. The summed E-state index contributed by atoms with van der Waals surface area (Å²) in [6.07, 6.45) is 1.60. The predicted molar refractivity (Wildman–Crippen MR) is 73.6 cm³/mol. The van der Waals surface area contributed by atoms with Crippen LogP contribution in [0.25, 0.3) is 0 Å². The van der Waals surface area contributed by atoms with Crippen molar-refractivity contribution in [2.75, 3.05) is 0 Å². The fourth-order valence-corrected chi connectivity index (χ4v) is 1.82. The Morgan fingerprint density at radius 2 is 2.26 bits per heavy atom. The van der Waals surface area contributed by atoms with Crippen molar-refractivity contribution in [3.05, 3.63) is 60.4 Å². The topological polar surface area (TPSA) is 67.5 Å². The standard InChI is InChI=1S/C13H14N2O3S/c1-2-11(15-19-16)12-8-13(14-18-12)17-9-10-6-4-3-5-7-10/h2-8,11,15-16H,1,9H2/t11-/m0/s1. The first-order chi connectivity index (χ1) is 9.33. The molecule has 2 N–H and O–H groups in total. The van der Waals surface area contributed by atoms with Gasteiger partial charge in [0.2, 0.25) is 0 Å². The van der Waals surface area contributed by atoms with Gasteiger partial charge in [0.1, 0.15) is 6.61 Å². The molecule has 6 heteroatoms. The Labute approximate surface area is 115 Å². The summed E-state index contributed by atoms with van der Waals surface area (Å²) in [5.41, 5.74) is 1.05. The molecule has 5 nitrogen and oxygen atoms in total. The lowest BCUT2D eigenvalue weighted by molar-refractivity contribution is 0.264. The fourth-order valence-electron chi connectivity index (χ4n) is 1.50. The molecule has 0 aliphatic heterocycles. The maximum Gasteiger partial charge on any atom is 0.254 e. The number of rotatable bonds is 7. The van der Waals surface area contributed by atoms with Crippen LogP contribution in [-0.4, -0.2) is 9.71 Å². The molecule has 0 radical (unpaired) electrons. The largest absolute Gasteiger partial charge is 0.471 e. The first-order valence-electron chi connectivity index (χ1n) is 5.65. The van der Waals surface area contributed by atoms with Crippen LogP contribution in [0.1, 0.15) is 17.4 Å². The summed E-state index contributed by atoms with van der Waals surface area (Å²) in [5, 5.41) is 3.81. The monoisotopic (exact) mass is 278 g/mol. The van der Waals surface area contributed by atoms with E-state index in [0.717, 1.165) is 5.56 Å². The summed E-state index contributed by atoms with van der Waals surface area (Å²) in [6.45, 7) is 4.07. The van der Waals surface area contributed by atoms with E-state index < -0.39 is 0 Å². The van der Waals surface area contributed by atoms with Crippen LogP contribution in [-0.2, 0) is 6.61 Å². The second kappa shape index (κ2) is 6.98. The van der Waals surface area contributed by atoms with Crippen LogP contribution in [0.15, 0.2) is 53.6 Å². The number of nitrogens with zero attached hydrogens (tertiary/aromatic N) is 1. The van der Waals surface area contributed by atoms with E-state index in [2.05, 4.69) is 16.5 Å². The molecule has 0 fully saturated rings. The van der Waals surface area contributed by atoms with Crippen molar-refractivity contribution in [3.63, 3.8) is 0 Å². The highest BCUT2D eigenvalue weighted by molar-refractivity contribution is 7.91. The highest BCUT2D eigenvalue weighted by atomic mass is 32.2. The molecule has 1 aromatic heterocycles. The van der Waals surface area contributed by atoms with E-state index in [4.69, 9.17) is 13.8 Å². The molecule has 0 unspecified atom stereocenters. The van der Waals surface area contributed by atoms with Crippen LogP contribution < -0.4 is 9.46 Å². The predicted octanol–water partition coefficient (Wildman–Crippen LogP) is 3.19. The molecule has 0 saturated carbocycles. The lowest BCUT2D eigenvalue weighted by atomic mass is 10.2. The van der Waals surface area contributed by atoms with Gasteiger partial charge in [-0.2, -0.15) is 0 Å². The van der Waals surface area contributed by atoms with Gasteiger partial charge in [0, 0.05) is 6.07 Å². The van der Waals surface area contributed by atoms with Gasteiger partial charge in [-0.3, -0.25) is 0 Å². The molecule has 19 heavy (non-hydrogen) atoms. The van der Waals surface area contributed by atoms with Gasteiger partial charge < -0.3 is 13.8 Å². The number of ether oxygens (including phenoxy) is 1. The smallest absolute Gasteiger partial charge is 0.254 e. The molecular formula is C13H14N2O3S. The molecule has 0 aliphatic carbocycles. The van der Waals surface area contributed by atoms with Gasteiger partial charge in [-0.15, -0.1) is 6.58 Å². The van der Waals surface area contributed by atoms with Gasteiger partial charge in [-0.25, -0.2) is 4.72 Å². The van der Waals surface area contributed by atoms with Crippen LogP contribution in [0, 0.1) is 0 Å². The second-order valence-electron chi connectivity index (χ2n) is 3.76. The lowest BCUT2D eigenvalue weighted by Gasteiger charge is -2.05. The average molecular weight is 278 g/mol. The van der Waals surface area contributed by atoms with E-state index >= 15 is 0 Å². The molecule has 0 bridgehead atoms. The summed E-state index contributed by atoms with van der Waals surface area (Å²) in [4.78, 5) is 0. The van der Waals surface area contributed by atoms with Crippen molar-refractivity contribution in [1.29, 1.82) is 0 Å². The molecule has 0 saturated heterocycles. The Balaban J connectivity index is 1.95. The molecule has 2 aromatic rings. The normalized spacial score (nSPS) is 12.1. The minimum atomic E-state index is -0.323. The van der Waals surface area contributed by atoms with Crippen molar-refractivity contribution in [1.82, 2.24) is 9.88 Å². The molecule has 0 aliphatic rings. The van der Waals surface area contributed by atoms with Crippen molar-refractivity contribution < 1.29 is 13.8 Å². The van der Waals surface area contributed by atoms with Gasteiger partial charge in [-0.1, -0.05) is 36.4 Å². The summed E-state index contributed by atoms with van der Waals surface area (Å²) >= 11 is 0.499. The highest BCUT2D eigenvalue weighted by Crippen LogP contribution is 2.21. The van der Waals surface area contributed by atoms with E-state index in [1.54, 1.807) is 12.1 Å². The highest BCUT2D eigenvalue weighted by Gasteiger charge is 2.14. The van der Waals surface area contributed by atoms with Crippen LogP contribution in [0.3, 0.4) is 0 Å². The van der Waals surface area contributed by atoms with Gasteiger partial charge in [0.15, 0.2) is 5.76 Å². The maximum absolute atomic E-state index is 8.75. The Morgan fingerprint density at radius 3 is 2.95 bits per heavy atom. The third-order valence-electron chi connectivity index (χ3n) is 2.46. The Hall–Kier alpha value is -1.76. The van der Waals surface area contributed by atoms with Crippen molar-refractivity contribution >= 4 is 12.2 Å². The molecule has 100 valence electrons. The number of aromatic nitrogens is 1.